The van der Waals surface area contributed by atoms with E-state index in [9.17, 15) is 23.5 Å². The summed E-state index contributed by atoms with van der Waals surface area (Å²) in [6, 6.07) is 11.4. The zero-order chi connectivity index (χ0) is 27.4. The maximum Gasteiger partial charge on any atom is 0.307 e. The van der Waals surface area contributed by atoms with Gasteiger partial charge in [-0.3, -0.25) is 13.8 Å². The van der Waals surface area contributed by atoms with Crippen LogP contribution in [0.25, 0.3) is 22.4 Å². The average Bonchev–Trinajstić information content (AvgIpc) is 3.67. The molecular weight excluding hydrogens is 508 g/mol. The first-order valence-corrected chi connectivity index (χ1v) is 13.5. The molecule has 2 unspecified atom stereocenters. The van der Waals surface area contributed by atoms with E-state index in [-0.39, 0.29) is 49.9 Å². The number of hydrogen-bond acceptors (Lipinski definition) is 7. The highest BCUT2D eigenvalue weighted by Gasteiger charge is 2.31. The Morgan fingerprint density at radius 1 is 1.34 bits per heavy atom. The summed E-state index contributed by atoms with van der Waals surface area (Å²) in [7, 11) is 1.55. The lowest BCUT2D eigenvalue weighted by Crippen LogP contribution is -2.28. The number of fused-ring (bicyclic) bond motifs is 1. The maximum absolute atomic E-state index is 12.9. The molecule has 1 amide bonds. The molecule has 1 aliphatic carbocycles. The SMILES string of the molecule is CNC(=O)c1c(-c2ccc(C)cc2)oc2nc(CN(CCCC(CC#N)C(=O)O)S(=O)[O-])c(C3CC3)cc12. The van der Waals surface area contributed by atoms with Crippen LogP contribution in [0.15, 0.2) is 34.7 Å². The zero-order valence-electron chi connectivity index (χ0n) is 21.2. The number of benzene rings is 1. The van der Waals surface area contributed by atoms with E-state index in [0.29, 0.717) is 22.4 Å². The van der Waals surface area contributed by atoms with E-state index < -0.39 is 23.2 Å². The van der Waals surface area contributed by atoms with Crippen LogP contribution in [0.2, 0.25) is 0 Å². The van der Waals surface area contributed by atoms with Gasteiger partial charge in [-0.2, -0.15) is 5.26 Å². The second-order valence-electron chi connectivity index (χ2n) is 9.52. The van der Waals surface area contributed by atoms with Gasteiger partial charge in [-0.05, 0) is 50.2 Å². The van der Waals surface area contributed by atoms with Crippen LogP contribution >= 0.6 is 0 Å². The highest BCUT2D eigenvalue weighted by atomic mass is 32.2. The highest BCUT2D eigenvalue weighted by molar-refractivity contribution is 7.76. The third-order valence-electron chi connectivity index (χ3n) is 6.76. The lowest BCUT2D eigenvalue weighted by Gasteiger charge is -2.25. The van der Waals surface area contributed by atoms with Gasteiger partial charge in [0.05, 0.1) is 35.2 Å². The number of hydrogen-bond donors (Lipinski definition) is 2. The quantitative estimate of drug-likeness (QED) is 0.328. The fourth-order valence-corrected chi connectivity index (χ4v) is 5.02. The first-order valence-electron chi connectivity index (χ1n) is 12.4. The number of rotatable bonds is 12. The van der Waals surface area contributed by atoms with Gasteiger partial charge in [0.1, 0.15) is 5.76 Å². The Hall–Kier alpha value is -3.59. The molecule has 2 heterocycles. The van der Waals surface area contributed by atoms with Crippen LogP contribution in [0.4, 0.5) is 0 Å². The van der Waals surface area contributed by atoms with Crippen LogP contribution in [0.1, 0.15) is 65.2 Å². The molecule has 2 aromatic heterocycles. The number of carboxylic acid groups (broad SMARTS) is 1. The number of nitrogens with one attached hydrogen (secondary N) is 1. The van der Waals surface area contributed by atoms with E-state index in [0.717, 1.165) is 29.5 Å². The van der Waals surface area contributed by atoms with Crippen molar-refractivity contribution >= 4 is 34.2 Å². The lowest BCUT2D eigenvalue weighted by molar-refractivity contribution is -0.141. The van der Waals surface area contributed by atoms with E-state index in [2.05, 4.69) is 5.32 Å². The molecule has 0 spiro atoms. The number of pyridine rings is 1. The minimum Gasteiger partial charge on any atom is -0.760 e. The maximum atomic E-state index is 12.9. The van der Waals surface area contributed by atoms with Gasteiger partial charge in [0.2, 0.25) is 5.71 Å². The van der Waals surface area contributed by atoms with Gasteiger partial charge in [-0.15, -0.1) is 0 Å². The largest absolute Gasteiger partial charge is 0.760 e. The van der Waals surface area contributed by atoms with Crippen molar-refractivity contribution < 1.29 is 27.9 Å². The second-order valence-corrected chi connectivity index (χ2v) is 10.5. The first-order chi connectivity index (χ1) is 18.2. The number of nitriles is 1. The molecular formula is C27H29N4O6S-. The first kappa shape index (κ1) is 27.4. The lowest BCUT2D eigenvalue weighted by atomic mass is 10.0. The molecule has 2 N–H and O–H groups in total. The van der Waals surface area contributed by atoms with Crippen molar-refractivity contribution in [2.45, 2.75) is 51.5 Å². The van der Waals surface area contributed by atoms with Crippen molar-refractivity contribution in [1.29, 1.82) is 5.26 Å². The summed E-state index contributed by atoms with van der Waals surface area (Å²) in [5.74, 6) is -1.61. The molecule has 11 heteroatoms. The topological polar surface area (TPSA) is 160 Å². The standard InChI is InChI=1S/C27H30N4O6S/c1-16-5-7-18(8-6-16)24-23(25(32)29-2)21-14-20(17-9-10-17)22(30-26(21)37-24)15-31(38(35)36)13-3-4-19(11-12-28)27(33)34/h5-8,14,17,19H,3-4,9-11,13,15H2,1-2H3,(H,29,32)(H,33,34)(H,35,36)/p-1. The number of amides is 1. The number of aromatic nitrogens is 1. The summed E-state index contributed by atoms with van der Waals surface area (Å²) >= 11 is -2.57. The number of furan rings is 1. The minimum atomic E-state index is -2.57. The van der Waals surface area contributed by atoms with Crippen molar-refractivity contribution in [3.8, 4) is 17.4 Å². The molecule has 38 heavy (non-hydrogen) atoms. The van der Waals surface area contributed by atoms with Gasteiger partial charge in [-0.1, -0.05) is 29.8 Å². The number of carbonyl (C=O) groups is 2. The molecule has 0 saturated heterocycles. The molecule has 2 atom stereocenters. The fourth-order valence-electron chi connectivity index (χ4n) is 4.52. The Morgan fingerprint density at radius 3 is 2.63 bits per heavy atom. The molecule has 1 saturated carbocycles. The number of aliphatic carboxylic acids is 1. The van der Waals surface area contributed by atoms with Crippen LogP contribution in [-0.2, 0) is 22.6 Å². The van der Waals surface area contributed by atoms with Gasteiger partial charge in [0.15, 0.2) is 0 Å². The van der Waals surface area contributed by atoms with Crippen LogP contribution < -0.4 is 5.32 Å². The van der Waals surface area contributed by atoms with Crippen LogP contribution in [-0.4, -0.2) is 48.6 Å². The van der Waals surface area contributed by atoms with Crippen molar-refractivity contribution in [1.82, 2.24) is 14.6 Å². The smallest absolute Gasteiger partial charge is 0.307 e. The summed E-state index contributed by atoms with van der Waals surface area (Å²) in [6.45, 7) is 2.05. The summed E-state index contributed by atoms with van der Waals surface area (Å²) in [6.07, 6.45) is 2.22. The summed E-state index contributed by atoms with van der Waals surface area (Å²) in [5, 5.41) is 21.4. The average molecular weight is 538 g/mol. The number of nitrogens with zero attached hydrogens (tertiary/aromatic N) is 3. The molecule has 0 radical (unpaired) electrons. The van der Waals surface area contributed by atoms with Crippen LogP contribution in [0.3, 0.4) is 0 Å². The molecule has 10 nitrogen and oxygen atoms in total. The monoisotopic (exact) mass is 537 g/mol. The van der Waals surface area contributed by atoms with Gasteiger partial charge in [0, 0.05) is 36.8 Å². The van der Waals surface area contributed by atoms with Crippen molar-refractivity contribution in [2.24, 2.45) is 5.92 Å². The van der Waals surface area contributed by atoms with E-state index in [1.165, 1.54) is 4.31 Å². The summed E-state index contributed by atoms with van der Waals surface area (Å²) in [5.41, 5.74) is 3.85. The number of carbonyl (C=O) groups excluding carboxylic acids is 1. The molecule has 1 aromatic carbocycles. The van der Waals surface area contributed by atoms with E-state index >= 15 is 0 Å². The van der Waals surface area contributed by atoms with Crippen molar-refractivity contribution in [3.05, 3.63) is 52.7 Å². The molecule has 200 valence electrons. The Balaban J connectivity index is 1.68. The normalized spacial score (nSPS) is 14.8. The fraction of sp³-hybridized carbons (Fsp3) is 0.407. The molecule has 3 aromatic rings. The van der Waals surface area contributed by atoms with E-state index in [1.54, 1.807) is 7.05 Å². The Kier molecular flexibility index (Phi) is 8.56. The third kappa shape index (κ3) is 6.10. The van der Waals surface area contributed by atoms with Crippen molar-refractivity contribution in [2.75, 3.05) is 13.6 Å². The van der Waals surface area contributed by atoms with E-state index in [4.69, 9.17) is 14.7 Å². The van der Waals surface area contributed by atoms with Gasteiger partial charge >= 0.3 is 5.97 Å². The van der Waals surface area contributed by atoms with Gasteiger partial charge in [0.25, 0.3) is 5.91 Å². The molecule has 1 aliphatic rings. The summed E-state index contributed by atoms with van der Waals surface area (Å²) < 4.78 is 31.4. The number of aryl methyl sites for hydroxylation is 1. The van der Waals surface area contributed by atoms with Gasteiger partial charge in [-0.25, -0.2) is 9.29 Å². The second kappa shape index (κ2) is 11.9. The Bertz CT molecular complexity index is 1410. The third-order valence-corrected chi connectivity index (χ3v) is 7.50. The highest BCUT2D eigenvalue weighted by Crippen LogP contribution is 2.44. The Morgan fingerprint density at radius 2 is 2.05 bits per heavy atom. The van der Waals surface area contributed by atoms with Crippen molar-refractivity contribution in [3.63, 3.8) is 0 Å². The van der Waals surface area contributed by atoms with E-state index in [1.807, 2.05) is 43.3 Å². The minimum absolute atomic E-state index is 0.0102. The molecule has 1 fully saturated rings. The number of carboxylic acids is 1. The predicted octanol–water partition coefficient (Wildman–Crippen LogP) is 4.03. The van der Waals surface area contributed by atoms with Crippen LogP contribution in [0.5, 0.6) is 0 Å². The Labute approximate surface area is 223 Å². The van der Waals surface area contributed by atoms with Crippen LogP contribution in [0, 0.1) is 24.2 Å². The summed E-state index contributed by atoms with van der Waals surface area (Å²) in [4.78, 5) is 28.9. The predicted molar refractivity (Wildman–Crippen MR) is 139 cm³/mol. The zero-order valence-corrected chi connectivity index (χ0v) is 22.0. The molecule has 4 rings (SSSR count). The van der Waals surface area contributed by atoms with Gasteiger partial charge < -0.3 is 19.4 Å². The molecule has 0 bridgehead atoms. The molecule has 0 aliphatic heterocycles.